The second-order valence-corrected chi connectivity index (χ2v) is 7.07. The van der Waals surface area contributed by atoms with Crippen molar-refractivity contribution in [3.8, 4) is 0 Å². The van der Waals surface area contributed by atoms with E-state index in [1.165, 1.54) is 0 Å². The summed E-state index contributed by atoms with van der Waals surface area (Å²) in [5.74, 6) is 1.96. The molecule has 2 aromatic heterocycles. The third-order valence-corrected chi connectivity index (χ3v) is 5.05. The number of fused-ring (bicyclic) bond motifs is 2. The van der Waals surface area contributed by atoms with Gasteiger partial charge in [0.2, 0.25) is 0 Å². The van der Waals surface area contributed by atoms with Crippen LogP contribution in [0.2, 0.25) is 0 Å². The first-order chi connectivity index (χ1) is 12.5. The van der Waals surface area contributed by atoms with Crippen molar-refractivity contribution in [2.45, 2.75) is 39.2 Å². The summed E-state index contributed by atoms with van der Waals surface area (Å²) in [7, 11) is 1.69. The number of aliphatic imine (C=N–C) groups is 1. The number of methoxy groups -OCH3 is 1. The number of hydrogen-bond donors (Lipinski definition) is 0. The number of ether oxygens (including phenoxy) is 1. The molecule has 0 bridgehead atoms. The first-order valence-electron chi connectivity index (χ1n) is 8.88. The van der Waals surface area contributed by atoms with Crippen molar-refractivity contribution >= 4 is 11.4 Å². The molecule has 0 saturated heterocycles. The maximum absolute atomic E-state index is 5.38. The molecule has 2 aromatic rings. The minimum atomic E-state index is -0.284. The first kappa shape index (κ1) is 16.7. The molecule has 26 heavy (non-hydrogen) atoms. The van der Waals surface area contributed by atoms with E-state index in [1.807, 2.05) is 30.6 Å². The van der Waals surface area contributed by atoms with Crippen LogP contribution in [-0.4, -0.2) is 37.9 Å². The van der Waals surface area contributed by atoms with Crippen LogP contribution in [0.1, 0.15) is 30.6 Å². The third kappa shape index (κ3) is 2.85. The second kappa shape index (κ2) is 6.20. The Hall–Kier alpha value is -2.76. The van der Waals surface area contributed by atoms with E-state index in [0.717, 1.165) is 47.2 Å². The summed E-state index contributed by atoms with van der Waals surface area (Å²) in [6.45, 7) is 6.09. The van der Waals surface area contributed by atoms with E-state index in [-0.39, 0.29) is 11.5 Å². The average molecular weight is 349 g/mol. The molecule has 6 nitrogen and oxygen atoms in total. The summed E-state index contributed by atoms with van der Waals surface area (Å²) in [4.78, 5) is 14.0. The Labute approximate surface area is 153 Å². The lowest BCUT2D eigenvalue weighted by molar-refractivity contribution is 0.293. The van der Waals surface area contributed by atoms with Crippen LogP contribution in [0.15, 0.2) is 47.3 Å². The van der Waals surface area contributed by atoms with E-state index in [9.17, 15) is 0 Å². The van der Waals surface area contributed by atoms with Crippen LogP contribution in [-0.2, 0) is 11.2 Å². The number of rotatable bonds is 4. The summed E-state index contributed by atoms with van der Waals surface area (Å²) in [6, 6.07) is 0. The predicted molar refractivity (Wildman–Crippen MR) is 101 cm³/mol. The molecule has 2 unspecified atom stereocenters. The van der Waals surface area contributed by atoms with Gasteiger partial charge in [-0.1, -0.05) is 12.2 Å². The fourth-order valence-electron chi connectivity index (χ4n) is 3.50. The van der Waals surface area contributed by atoms with E-state index < -0.39 is 0 Å². The van der Waals surface area contributed by atoms with Crippen LogP contribution in [0.5, 0.6) is 0 Å². The molecule has 0 fully saturated rings. The average Bonchev–Trinajstić information content (AvgIpc) is 3.07. The Morgan fingerprint density at radius 3 is 2.77 bits per heavy atom. The van der Waals surface area contributed by atoms with Crippen molar-refractivity contribution in [1.29, 1.82) is 0 Å². The Morgan fingerprint density at radius 2 is 2.00 bits per heavy atom. The summed E-state index contributed by atoms with van der Waals surface area (Å²) < 4.78 is 7.25. The summed E-state index contributed by atoms with van der Waals surface area (Å²) in [6.07, 6.45) is 14.0. The van der Waals surface area contributed by atoms with Crippen molar-refractivity contribution in [2.75, 3.05) is 7.11 Å². The SMILES string of the molecule is COC1=CC2(C)N=C(CCc3nc4c(C)ncc(C)n4n3)C=CC2C=C1. The molecule has 0 radical (unpaired) electrons. The Balaban J connectivity index is 1.54. The van der Waals surface area contributed by atoms with Gasteiger partial charge in [0, 0.05) is 24.2 Å². The van der Waals surface area contributed by atoms with E-state index in [4.69, 9.17) is 9.73 Å². The van der Waals surface area contributed by atoms with Crippen LogP contribution >= 0.6 is 0 Å². The van der Waals surface area contributed by atoms with Gasteiger partial charge in [-0.15, -0.1) is 0 Å². The summed E-state index contributed by atoms with van der Waals surface area (Å²) >= 11 is 0. The monoisotopic (exact) mass is 349 g/mol. The van der Waals surface area contributed by atoms with E-state index in [0.29, 0.717) is 0 Å². The van der Waals surface area contributed by atoms with Gasteiger partial charge in [-0.3, -0.25) is 9.98 Å². The molecule has 4 rings (SSSR count). The van der Waals surface area contributed by atoms with Gasteiger partial charge < -0.3 is 4.74 Å². The Bertz CT molecular complexity index is 942. The van der Waals surface area contributed by atoms with Gasteiger partial charge in [0.25, 0.3) is 0 Å². The number of nitrogens with zero attached hydrogens (tertiary/aromatic N) is 5. The highest BCUT2D eigenvalue weighted by Crippen LogP contribution is 2.35. The third-order valence-electron chi connectivity index (χ3n) is 5.05. The zero-order valence-corrected chi connectivity index (χ0v) is 15.6. The number of aryl methyl sites for hydroxylation is 3. The van der Waals surface area contributed by atoms with Gasteiger partial charge in [-0.2, -0.15) is 5.10 Å². The van der Waals surface area contributed by atoms with Crippen LogP contribution in [0.3, 0.4) is 0 Å². The molecule has 0 saturated carbocycles. The van der Waals surface area contributed by atoms with E-state index >= 15 is 0 Å². The van der Waals surface area contributed by atoms with Gasteiger partial charge in [-0.05, 0) is 45.4 Å². The highest BCUT2D eigenvalue weighted by Gasteiger charge is 2.34. The number of hydrogen-bond acceptors (Lipinski definition) is 5. The molecule has 0 spiro atoms. The van der Waals surface area contributed by atoms with Crippen molar-refractivity contribution < 1.29 is 4.74 Å². The van der Waals surface area contributed by atoms with Crippen LogP contribution < -0.4 is 0 Å². The predicted octanol–water partition coefficient (Wildman–Crippen LogP) is 3.16. The van der Waals surface area contributed by atoms with Crippen molar-refractivity contribution in [2.24, 2.45) is 10.9 Å². The highest BCUT2D eigenvalue weighted by molar-refractivity contribution is 5.96. The maximum atomic E-state index is 5.38. The molecule has 2 atom stereocenters. The maximum Gasteiger partial charge on any atom is 0.177 e. The number of allylic oxidation sites excluding steroid dienone is 2. The van der Waals surface area contributed by atoms with Gasteiger partial charge in [0.05, 0.1) is 24.0 Å². The van der Waals surface area contributed by atoms with Crippen molar-refractivity contribution in [3.05, 3.63) is 59.5 Å². The number of dihydropyridines is 1. The van der Waals surface area contributed by atoms with Crippen LogP contribution in [0.4, 0.5) is 0 Å². The molecule has 2 aliphatic rings. The Morgan fingerprint density at radius 1 is 1.19 bits per heavy atom. The molecule has 3 heterocycles. The molecule has 1 aliphatic heterocycles. The van der Waals surface area contributed by atoms with Gasteiger partial charge in [-0.25, -0.2) is 9.50 Å². The van der Waals surface area contributed by atoms with E-state index in [2.05, 4.69) is 46.3 Å². The zero-order chi connectivity index (χ0) is 18.3. The molecular formula is C20H23N5O. The number of aromatic nitrogens is 4. The van der Waals surface area contributed by atoms with Crippen molar-refractivity contribution in [1.82, 2.24) is 19.6 Å². The zero-order valence-electron chi connectivity index (χ0n) is 15.6. The molecule has 1 aliphatic carbocycles. The highest BCUT2D eigenvalue weighted by atomic mass is 16.5. The minimum Gasteiger partial charge on any atom is -0.497 e. The van der Waals surface area contributed by atoms with Crippen LogP contribution in [0, 0.1) is 19.8 Å². The van der Waals surface area contributed by atoms with E-state index in [1.54, 1.807) is 7.11 Å². The quantitative estimate of drug-likeness (QED) is 0.850. The Kier molecular flexibility index (Phi) is 3.98. The first-order valence-corrected chi connectivity index (χ1v) is 8.88. The largest absolute Gasteiger partial charge is 0.497 e. The molecule has 0 amide bonds. The fraction of sp³-hybridized carbons (Fsp3) is 0.400. The lowest BCUT2D eigenvalue weighted by Crippen LogP contribution is -2.34. The molecule has 6 heteroatoms. The van der Waals surface area contributed by atoms with Crippen molar-refractivity contribution in [3.63, 3.8) is 0 Å². The fourth-order valence-corrected chi connectivity index (χ4v) is 3.50. The summed E-state index contributed by atoms with van der Waals surface area (Å²) in [5, 5.41) is 4.62. The standard InChI is InChI=1S/C20H23N5O/c1-13-12-21-14(2)19-22-18(24-25(13)19)10-8-16-7-5-15-6-9-17(26-4)11-20(15,3)23-16/h5-7,9,11-12,15H,8,10H2,1-4H3. The second-order valence-electron chi connectivity index (χ2n) is 7.07. The van der Waals surface area contributed by atoms with Gasteiger partial charge in [0.1, 0.15) is 5.76 Å². The molecular weight excluding hydrogens is 326 g/mol. The van der Waals surface area contributed by atoms with Gasteiger partial charge >= 0.3 is 0 Å². The normalized spacial score (nSPS) is 24.4. The lowest BCUT2D eigenvalue weighted by Gasteiger charge is -2.34. The molecule has 0 N–H and O–H groups in total. The van der Waals surface area contributed by atoms with Crippen LogP contribution in [0.25, 0.3) is 5.65 Å². The minimum absolute atomic E-state index is 0.273. The topological polar surface area (TPSA) is 64.7 Å². The van der Waals surface area contributed by atoms with Gasteiger partial charge in [0.15, 0.2) is 11.5 Å². The lowest BCUT2D eigenvalue weighted by atomic mass is 9.79. The summed E-state index contributed by atoms with van der Waals surface area (Å²) in [5.41, 5.74) is 3.49. The smallest absolute Gasteiger partial charge is 0.177 e. The molecule has 134 valence electrons. The molecule has 0 aromatic carbocycles.